The molecule has 1 N–H and O–H groups in total. The van der Waals surface area contributed by atoms with Gasteiger partial charge in [0, 0.05) is 5.30 Å². The zero-order valence-electron chi connectivity index (χ0n) is 10.4. The Balaban J connectivity index is 2.80. The van der Waals surface area contributed by atoms with Crippen LogP contribution < -0.4 is 19.5 Å². The molecule has 102 valence electrons. The van der Waals surface area contributed by atoms with Crippen molar-refractivity contribution in [3.8, 4) is 5.75 Å². The minimum absolute atomic E-state index is 0.259. The molecule has 7 nitrogen and oxygen atoms in total. The lowest BCUT2D eigenvalue weighted by molar-refractivity contribution is -0.568. The number of hydrogen-bond donors (Lipinski definition) is 1. The van der Waals surface area contributed by atoms with Gasteiger partial charge in [0.25, 0.3) is 0 Å². The van der Waals surface area contributed by atoms with Gasteiger partial charge in [-0.25, -0.2) is 0 Å². The first kappa shape index (κ1) is 13.9. The number of rotatable bonds is 4. The van der Waals surface area contributed by atoms with Crippen LogP contribution in [0.3, 0.4) is 0 Å². The number of aliphatic hydroxyl groups excluding tert-OH is 1. The van der Waals surface area contributed by atoms with Gasteiger partial charge in [-0.15, -0.1) is 4.68 Å². The van der Waals surface area contributed by atoms with E-state index >= 15 is 0 Å². The van der Waals surface area contributed by atoms with Gasteiger partial charge in [-0.1, -0.05) is 6.07 Å². The van der Waals surface area contributed by atoms with E-state index in [1.807, 2.05) is 0 Å². The third kappa shape index (κ3) is 2.46. The summed E-state index contributed by atoms with van der Waals surface area (Å²) in [4.78, 5) is 24.0. The van der Waals surface area contributed by atoms with Gasteiger partial charge in [-0.3, -0.25) is 0 Å². The number of ether oxygens (including phenoxy) is 1. The fraction of sp³-hybridized carbons (Fsp3) is 0.273. The fourth-order valence-corrected chi connectivity index (χ4v) is 2.70. The molecule has 0 aliphatic heterocycles. The summed E-state index contributed by atoms with van der Waals surface area (Å²) in [6, 6.07) is 4.98. The van der Waals surface area contributed by atoms with Crippen LogP contribution in [0.4, 0.5) is 0 Å². The van der Waals surface area contributed by atoms with Crippen LogP contribution in [0.25, 0.3) is 10.9 Å². The second kappa shape index (κ2) is 5.63. The molecule has 2 rings (SSSR count). The summed E-state index contributed by atoms with van der Waals surface area (Å²) in [5.41, 5.74) is 0.259. The zero-order valence-corrected chi connectivity index (χ0v) is 11.3. The summed E-state index contributed by atoms with van der Waals surface area (Å²) < 4.78 is 11.7. The highest BCUT2D eigenvalue weighted by molar-refractivity contribution is 7.54. The molecule has 1 aromatic carbocycles. The molecule has 1 atom stereocenters. The van der Waals surface area contributed by atoms with Crippen LogP contribution in [-0.4, -0.2) is 23.7 Å². The Labute approximate surface area is 110 Å². The van der Waals surface area contributed by atoms with Crippen LogP contribution in [0.5, 0.6) is 5.75 Å². The molecular formula is C11H13N2O5P. The summed E-state index contributed by atoms with van der Waals surface area (Å²) in [6.45, 7) is -0.656. The van der Waals surface area contributed by atoms with Crippen molar-refractivity contribution < 1.29 is 23.8 Å². The Bertz CT molecular complexity index is 657. The molecule has 1 aromatic heterocycles. The van der Waals surface area contributed by atoms with E-state index in [2.05, 4.69) is 0 Å². The van der Waals surface area contributed by atoms with Crippen molar-refractivity contribution in [2.24, 2.45) is 7.05 Å². The predicted molar refractivity (Wildman–Crippen MR) is 67.6 cm³/mol. The average molecular weight is 284 g/mol. The van der Waals surface area contributed by atoms with Crippen molar-refractivity contribution in [1.29, 1.82) is 0 Å². The molecule has 2 aromatic rings. The van der Waals surface area contributed by atoms with Gasteiger partial charge >= 0.3 is 5.52 Å². The highest BCUT2D eigenvalue weighted by Gasteiger charge is 2.20. The lowest BCUT2D eigenvalue weighted by Crippen LogP contribution is -2.33. The number of benzene rings is 1. The van der Waals surface area contributed by atoms with E-state index in [0.717, 1.165) is 0 Å². The SMILES string of the molecule is COc1cccc2c(P([O-])OCO)cn(C)[n+](=O)c12. The normalized spacial score (nSPS) is 12.6. The van der Waals surface area contributed by atoms with Crippen LogP contribution in [0.15, 0.2) is 24.4 Å². The smallest absolute Gasteiger partial charge is 0.341 e. The van der Waals surface area contributed by atoms with Crippen LogP contribution >= 0.6 is 8.38 Å². The van der Waals surface area contributed by atoms with Crippen molar-refractivity contribution in [3.63, 3.8) is 0 Å². The van der Waals surface area contributed by atoms with E-state index in [1.54, 1.807) is 18.2 Å². The number of para-hydroxylation sites is 1. The topological polar surface area (TPSA) is 89.7 Å². The number of hydrogen-bond acceptors (Lipinski definition) is 5. The molecule has 19 heavy (non-hydrogen) atoms. The molecule has 0 spiro atoms. The van der Waals surface area contributed by atoms with E-state index in [1.165, 1.54) is 25.0 Å². The maximum absolute atomic E-state index is 12.1. The van der Waals surface area contributed by atoms with Gasteiger partial charge in [-0.05, 0) is 20.5 Å². The van der Waals surface area contributed by atoms with E-state index in [9.17, 15) is 9.80 Å². The first-order valence-electron chi connectivity index (χ1n) is 5.40. The second-order valence-corrected chi connectivity index (χ2v) is 4.99. The van der Waals surface area contributed by atoms with E-state index in [-0.39, 0.29) is 5.52 Å². The van der Waals surface area contributed by atoms with Gasteiger partial charge in [0.2, 0.25) is 0 Å². The number of aryl methyl sites for hydroxylation is 1. The second-order valence-electron chi connectivity index (χ2n) is 3.73. The molecule has 0 saturated heterocycles. The molecule has 1 heterocycles. The van der Waals surface area contributed by atoms with Crippen molar-refractivity contribution in [3.05, 3.63) is 29.3 Å². The first-order chi connectivity index (χ1) is 9.10. The van der Waals surface area contributed by atoms with Crippen molar-refractivity contribution in [1.82, 2.24) is 4.68 Å². The number of methoxy groups -OCH3 is 1. The number of fused-ring (bicyclic) bond motifs is 1. The highest BCUT2D eigenvalue weighted by Crippen LogP contribution is 2.30. The number of aromatic nitrogens is 2. The molecule has 0 saturated carbocycles. The molecule has 0 radical (unpaired) electrons. The Morgan fingerprint density at radius 1 is 1.53 bits per heavy atom. The standard InChI is InChI=1S/C11H13N2O5P/c1-12-6-10(19(16)18-7-14)8-4-3-5-9(17-2)11(8)13(12)15/h3-6,14H,7H2,1-2H3. The van der Waals surface area contributed by atoms with Gasteiger partial charge in [0.1, 0.15) is 6.79 Å². The third-order valence-electron chi connectivity index (χ3n) is 2.65. The van der Waals surface area contributed by atoms with Crippen molar-refractivity contribution in [2.45, 2.75) is 0 Å². The van der Waals surface area contributed by atoms with E-state index < -0.39 is 15.2 Å². The molecule has 0 aliphatic carbocycles. The highest BCUT2D eigenvalue weighted by atomic mass is 31.2. The third-order valence-corrected chi connectivity index (χ3v) is 3.75. The summed E-state index contributed by atoms with van der Waals surface area (Å²) in [5.74, 6) is 0.373. The van der Waals surface area contributed by atoms with Crippen molar-refractivity contribution in [2.75, 3.05) is 13.9 Å². The minimum atomic E-state index is -2.25. The van der Waals surface area contributed by atoms with Crippen LogP contribution in [0.2, 0.25) is 0 Å². The molecular weight excluding hydrogens is 271 g/mol. The first-order valence-corrected chi connectivity index (χ1v) is 6.58. The molecule has 8 heteroatoms. The number of nitrogens with zero attached hydrogens (tertiary/aromatic N) is 2. The largest absolute Gasteiger partial charge is 0.804 e. The molecule has 0 bridgehead atoms. The van der Waals surface area contributed by atoms with Crippen LogP contribution in [-0.2, 0) is 11.6 Å². The van der Waals surface area contributed by atoms with Crippen LogP contribution in [0.1, 0.15) is 0 Å². The maximum Gasteiger partial charge on any atom is 0.341 e. The summed E-state index contributed by atoms with van der Waals surface area (Å²) in [7, 11) is 0.718. The molecule has 0 amide bonds. The van der Waals surface area contributed by atoms with Crippen LogP contribution in [0, 0.1) is 4.91 Å². The number of aliphatic hydroxyl groups is 1. The minimum Gasteiger partial charge on any atom is -0.804 e. The van der Waals surface area contributed by atoms with E-state index in [4.69, 9.17) is 14.4 Å². The van der Waals surface area contributed by atoms with Gasteiger partial charge in [-0.2, -0.15) is 0 Å². The van der Waals surface area contributed by atoms with Gasteiger partial charge in [0.15, 0.2) is 10.3 Å². The predicted octanol–water partition coefficient (Wildman–Crippen LogP) is -0.635. The Hall–Kier alpha value is -1.53. The van der Waals surface area contributed by atoms with E-state index in [0.29, 0.717) is 21.0 Å². The van der Waals surface area contributed by atoms with Gasteiger partial charge < -0.3 is 19.3 Å². The maximum atomic E-state index is 12.1. The van der Waals surface area contributed by atoms with Gasteiger partial charge in [0.05, 0.1) is 30.6 Å². The molecule has 0 aliphatic rings. The Kier molecular flexibility index (Phi) is 4.11. The average Bonchev–Trinajstić information content (AvgIpc) is 2.42. The Morgan fingerprint density at radius 2 is 2.26 bits per heavy atom. The molecule has 0 fully saturated rings. The quantitative estimate of drug-likeness (QED) is 0.458. The Morgan fingerprint density at radius 3 is 2.89 bits per heavy atom. The lowest BCUT2D eigenvalue weighted by Gasteiger charge is -2.22. The lowest BCUT2D eigenvalue weighted by atomic mass is 10.2. The summed E-state index contributed by atoms with van der Waals surface area (Å²) in [5, 5.41) is 9.48. The molecule has 1 unspecified atom stereocenters. The van der Waals surface area contributed by atoms with Crippen molar-refractivity contribution >= 4 is 24.6 Å². The monoisotopic (exact) mass is 284 g/mol. The summed E-state index contributed by atoms with van der Waals surface area (Å²) >= 11 is 0. The fourth-order valence-electron chi connectivity index (χ4n) is 1.82. The summed E-state index contributed by atoms with van der Waals surface area (Å²) in [6.07, 6.45) is 1.41. The zero-order chi connectivity index (χ0) is 14.0.